The molecule has 0 radical (unpaired) electrons. The zero-order chi connectivity index (χ0) is 7.56. The topological polar surface area (TPSA) is 3.01 Å². The smallest absolute Gasteiger partial charge is 0.149 e. The van der Waals surface area contributed by atoms with Crippen molar-refractivity contribution in [3.8, 4) is 0 Å². The molecule has 0 aromatic carbocycles. The van der Waals surface area contributed by atoms with Crippen molar-refractivity contribution >= 4 is 5.71 Å². The Hall–Kier alpha value is -0.330. The van der Waals surface area contributed by atoms with Crippen LogP contribution in [0.15, 0.2) is 0 Å². The van der Waals surface area contributed by atoms with Crippen LogP contribution in [0.3, 0.4) is 0 Å². The Bertz CT molecular complexity index is 147. The molecule has 1 heteroatoms. The Morgan fingerprint density at radius 3 is 2.70 bits per heavy atom. The largest absolute Gasteiger partial charge is 0.235 e. The Labute approximate surface area is 63.8 Å². The summed E-state index contributed by atoms with van der Waals surface area (Å²) in [6.07, 6.45) is 4.09. The van der Waals surface area contributed by atoms with Crippen molar-refractivity contribution in [2.24, 2.45) is 0 Å². The van der Waals surface area contributed by atoms with Gasteiger partial charge < -0.3 is 0 Å². The second kappa shape index (κ2) is 3.18. The van der Waals surface area contributed by atoms with Gasteiger partial charge in [-0.3, -0.25) is 0 Å². The van der Waals surface area contributed by atoms with Crippen molar-refractivity contribution < 1.29 is 4.58 Å². The highest BCUT2D eigenvalue weighted by Crippen LogP contribution is 2.12. The first kappa shape index (κ1) is 7.77. The van der Waals surface area contributed by atoms with Crippen molar-refractivity contribution in [3.05, 3.63) is 0 Å². The van der Waals surface area contributed by atoms with Crippen LogP contribution in [-0.4, -0.2) is 22.9 Å². The molecule has 58 valence electrons. The minimum absolute atomic E-state index is 0.791. The molecule has 10 heavy (non-hydrogen) atoms. The van der Waals surface area contributed by atoms with Crippen LogP contribution in [-0.2, 0) is 0 Å². The highest BCUT2D eigenvalue weighted by molar-refractivity contribution is 5.77. The Balaban J connectivity index is 2.73. The van der Waals surface area contributed by atoms with Gasteiger partial charge in [0.05, 0.1) is 0 Å². The third-order valence-corrected chi connectivity index (χ3v) is 2.52. The van der Waals surface area contributed by atoms with E-state index in [0.29, 0.717) is 0 Å². The van der Waals surface area contributed by atoms with Crippen molar-refractivity contribution in [2.45, 2.75) is 46.1 Å². The van der Waals surface area contributed by atoms with Crippen LogP contribution in [0, 0.1) is 0 Å². The van der Waals surface area contributed by atoms with E-state index in [-0.39, 0.29) is 0 Å². The summed E-state index contributed by atoms with van der Waals surface area (Å²) in [5.74, 6) is 0. The van der Waals surface area contributed by atoms with E-state index >= 15 is 0 Å². The van der Waals surface area contributed by atoms with Crippen LogP contribution in [0.2, 0.25) is 0 Å². The first-order valence-electron chi connectivity index (χ1n) is 4.34. The van der Waals surface area contributed by atoms with E-state index in [1.54, 1.807) is 5.71 Å². The van der Waals surface area contributed by atoms with E-state index < -0.39 is 0 Å². The average Bonchev–Trinajstić information content (AvgIpc) is 1.88. The highest BCUT2D eigenvalue weighted by Gasteiger charge is 2.21. The van der Waals surface area contributed by atoms with Gasteiger partial charge in [0.25, 0.3) is 0 Å². The normalized spacial score (nSPS) is 27.3. The molecule has 0 saturated heterocycles. The van der Waals surface area contributed by atoms with Gasteiger partial charge in [-0.15, -0.1) is 0 Å². The van der Waals surface area contributed by atoms with E-state index in [9.17, 15) is 0 Å². The van der Waals surface area contributed by atoms with Crippen LogP contribution in [0.4, 0.5) is 0 Å². The zero-order valence-corrected chi connectivity index (χ0v) is 7.35. The molecule has 1 aliphatic rings. The molecule has 0 saturated carbocycles. The molecular formula is C9H18N+. The summed E-state index contributed by atoms with van der Waals surface area (Å²) in [6.45, 7) is 8.02. The summed E-state index contributed by atoms with van der Waals surface area (Å²) >= 11 is 0. The number of hydrogen-bond acceptors (Lipinski definition) is 0. The van der Waals surface area contributed by atoms with Gasteiger partial charge in [-0.2, -0.15) is 0 Å². The van der Waals surface area contributed by atoms with E-state index in [4.69, 9.17) is 0 Å². The lowest BCUT2D eigenvalue weighted by Gasteiger charge is -2.17. The molecule has 0 amide bonds. The number of nitrogens with zero attached hydrogens (tertiary/aromatic N) is 1. The van der Waals surface area contributed by atoms with Gasteiger partial charge in [-0.25, -0.2) is 4.58 Å². The molecule has 0 bridgehead atoms. The molecule has 0 N–H and O–H groups in total. The molecule has 0 aliphatic carbocycles. The third kappa shape index (κ3) is 1.39. The molecule has 0 spiro atoms. The maximum Gasteiger partial charge on any atom is 0.149 e. The minimum Gasteiger partial charge on any atom is -0.235 e. The van der Waals surface area contributed by atoms with Gasteiger partial charge in [0, 0.05) is 19.8 Å². The summed E-state index contributed by atoms with van der Waals surface area (Å²) < 4.78 is 2.52. The third-order valence-electron chi connectivity index (χ3n) is 2.52. The van der Waals surface area contributed by atoms with E-state index in [1.807, 2.05) is 0 Å². The van der Waals surface area contributed by atoms with Gasteiger partial charge in [0.15, 0.2) is 0 Å². The lowest BCUT2D eigenvalue weighted by molar-refractivity contribution is -0.565. The maximum atomic E-state index is 2.52. The number of rotatable bonds is 1. The predicted octanol–water partition coefficient (Wildman–Crippen LogP) is 2.05. The Morgan fingerprint density at radius 1 is 1.60 bits per heavy atom. The lowest BCUT2D eigenvalue weighted by Crippen LogP contribution is -2.32. The molecule has 0 aromatic heterocycles. The van der Waals surface area contributed by atoms with Crippen LogP contribution < -0.4 is 0 Å². The molecule has 1 heterocycles. The van der Waals surface area contributed by atoms with Crippen molar-refractivity contribution in [1.29, 1.82) is 0 Å². The molecule has 1 atom stereocenters. The first-order valence-corrected chi connectivity index (χ1v) is 4.34. The van der Waals surface area contributed by atoms with Crippen molar-refractivity contribution in [1.82, 2.24) is 0 Å². The number of hydrogen-bond donors (Lipinski definition) is 0. The summed E-state index contributed by atoms with van der Waals surface area (Å²) in [5.41, 5.74) is 1.58. The fraction of sp³-hybridized carbons (Fsp3) is 0.889. The first-order chi connectivity index (χ1) is 4.75. The second-order valence-electron chi connectivity index (χ2n) is 3.26. The molecule has 1 nitrogen and oxygen atoms in total. The monoisotopic (exact) mass is 140 g/mol. The summed E-state index contributed by atoms with van der Waals surface area (Å²) in [4.78, 5) is 0. The van der Waals surface area contributed by atoms with Crippen LogP contribution in [0.1, 0.15) is 40.0 Å². The van der Waals surface area contributed by atoms with Crippen LogP contribution >= 0.6 is 0 Å². The summed E-state index contributed by atoms with van der Waals surface area (Å²) in [6, 6.07) is 0.791. The minimum atomic E-state index is 0.791. The second-order valence-corrected chi connectivity index (χ2v) is 3.26. The quantitative estimate of drug-likeness (QED) is 0.490. The van der Waals surface area contributed by atoms with E-state index in [0.717, 1.165) is 6.04 Å². The van der Waals surface area contributed by atoms with E-state index in [2.05, 4.69) is 25.3 Å². The van der Waals surface area contributed by atoms with Crippen LogP contribution in [0.25, 0.3) is 0 Å². The molecule has 0 aromatic rings. The van der Waals surface area contributed by atoms with Gasteiger partial charge in [0.1, 0.15) is 18.3 Å². The van der Waals surface area contributed by atoms with Gasteiger partial charge in [-0.05, 0) is 20.3 Å². The molecule has 0 fully saturated rings. The summed E-state index contributed by atoms with van der Waals surface area (Å²) in [7, 11) is 0. The molecular weight excluding hydrogens is 122 g/mol. The van der Waals surface area contributed by atoms with Crippen molar-refractivity contribution in [2.75, 3.05) is 6.54 Å². The fourth-order valence-electron chi connectivity index (χ4n) is 1.91. The fourth-order valence-corrected chi connectivity index (χ4v) is 1.91. The molecule has 1 rings (SSSR count). The van der Waals surface area contributed by atoms with Gasteiger partial charge in [0.2, 0.25) is 0 Å². The van der Waals surface area contributed by atoms with E-state index in [1.165, 1.54) is 25.8 Å². The molecule has 1 unspecified atom stereocenters. The van der Waals surface area contributed by atoms with Crippen molar-refractivity contribution in [3.63, 3.8) is 0 Å². The highest BCUT2D eigenvalue weighted by atomic mass is 15.0. The lowest BCUT2D eigenvalue weighted by atomic mass is 10.0. The SMILES string of the molecule is CC[N+]1=C(C)CCCC1C. The zero-order valence-electron chi connectivity index (χ0n) is 7.35. The molecule has 1 aliphatic heterocycles. The van der Waals surface area contributed by atoms with Gasteiger partial charge >= 0.3 is 0 Å². The summed E-state index contributed by atoms with van der Waals surface area (Å²) in [5, 5.41) is 0. The predicted molar refractivity (Wildman–Crippen MR) is 44.8 cm³/mol. The van der Waals surface area contributed by atoms with Gasteiger partial charge in [-0.1, -0.05) is 0 Å². The Morgan fingerprint density at radius 2 is 2.30 bits per heavy atom. The maximum absolute atomic E-state index is 2.52. The standard InChI is InChI=1S/C9H18N/c1-4-10-8(2)6-5-7-9(10)3/h8H,4-7H2,1-3H3/q+1. The Kier molecular flexibility index (Phi) is 2.47. The van der Waals surface area contributed by atoms with Crippen LogP contribution in [0.5, 0.6) is 0 Å². The average molecular weight is 140 g/mol.